The molecular formula is C16H26N4O2+2. The number of nitrogens with zero attached hydrogens (tertiary/aromatic N) is 3. The highest BCUT2D eigenvalue weighted by atomic mass is 16.4. The Balaban J connectivity index is 1.88. The number of aryl methyl sites for hydroxylation is 1. The monoisotopic (exact) mass is 306 g/mol. The van der Waals surface area contributed by atoms with E-state index in [0.29, 0.717) is 12.1 Å². The molecule has 6 nitrogen and oxygen atoms in total. The Morgan fingerprint density at radius 2 is 2.14 bits per heavy atom. The molecule has 1 amide bonds. The van der Waals surface area contributed by atoms with Crippen molar-refractivity contribution < 1.29 is 19.1 Å². The predicted molar refractivity (Wildman–Crippen MR) is 84.0 cm³/mol. The number of hydrogen-bond donors (Lipinski definition) is 2. The Bertz CT molecular complexity index is 551. The molecule has 2 N–H and O–H groups in total. The van der Waals surface area contributed by atoms with Crippen molar-refractivity contribution in [1.29, 1.82) is 0 Å². The zero-order chi connectivity index (χ0) is 16.0. The molecule has 2 heterocycles. The second-order valence-electron chi connectivity index (χ2n) is 6.30. The van der Waals surface area contributed by atoms with Crippen LogP contribution in [0.5, 0.6) is 0 Å². The number of carbonyl (C=O) groups excluding carboxylic acids is 1. The van der Waals surface area contributed by atoms with Crippen LogP contribution in [0, 0.1) is 0 Å². The Morgan fingerprint density at radius 3 is 2.77 bits per heavy atom. The first-order valence-electron chi connectivity index (χ1n) is 7.83. The molecule has 1 saturated heterocycles. The minimum atomic E-state index is -0.0632. The van der Waals surface area contributed by atoms with Crippen LogP contribution in [0.15, 0.2) is 23.5 Å². The van der Waals surface area contributed by atoms with Crippen LogP contribution in [0.1, 0.15) is 35.3 Å². The molecule has 0 radical (unpaired) electrons. The molecule has 0 atom stereocenters. The number of aromatic nitrogens is 1. The van der Waals surface area contributed by atoms with Gasteiger partial charge in [-0.05, 0) is 25.3 Å². The van der Waals surface area contributed by atoms with Crippen molar-refractivity contribution in [3.8, 4) is 0 Å². The fourth-order valence-corrected chi connectivity index (χ4v) is 2.99. The summed E-state index contributed by atoms with van der Waals surface area (Å²) >= 11 is 0. The maximum Gasteiger partial charge on any atom is 0.257 e. The minimum absolute atomic E-state index is 0.0632. The normalized spacial score (nSPS) is 17.5. The van der Waals surface area contributed by atoms with Crippen molar-refractivity contribution >= 4 is 12.1 Å². The standard InChI is InChI=1S/C16H24N4O2/c1-19-13-14(6-7-15(19)12-18-22)16(21)17-8-11-20(2)9-4-3-5-10-20/h6-7,12-13H,3-5,8-11H2,1-2H3/p+2. The van der Waals surface area contributed by atoms with Gasteiger partial charge in [-0.3, -0.25) is 4.79 Å². The fourth-order valence-electron chi connectivity index (χ4n) is 2.99. The topological polar surface area (TPSA) is 65.6 Å². The van der Waals surface area contributed by atoms with E-state index in [1.54, 1.807) is 22.9 Å². The molecule has 1 aliphatic heterocycles. The van der Waals surface area contributed by atoms with Crippen LogP contribution in [0.3, 0.4) is 0 Å². The summed E-state index contributed by atoms with van der Waals surface area (Å²) in [6.07, 6.45) is 6.98. The number of quaternary nitrogens is 1. The molecule has 0 unspecified atom stereocenters. The van der Waals surface area contributed by atoms with E-state index >= 15 is 0 Å². The van der Waals surface area contributed by atoms with E-state index in [2.05, 4.69) is 17.5 Å². The lowest BCUT2D eigenvalue weighted by Crippen LogP contribution is -2.51. The van der Waals surface area contributed by atoms with Gasteiger partial charge in [0.1, 0.15) is 18.8 Å². The summed E-state index contributed by atoms with van der Waals surface area (Å²) in [6.45, 7) is 4.09. The van der Waals surface area contributed by atoms with Crippen molar-refractivity contribution in [2.75, 3.05) is 33.2 Å². The van der Waals surface area contributed by atoms with Gasteiger partial charge >= 0.3 is 0 Å². The van der Waals surface area contributed by atoms with E-state index in [1.807, 2.05) is 7.05 Å². The van der Waals surface area contributed by atoms with Gasteiger partial charge in [-0.25, -0.2) is 0 Å². The highest BCUT2D eigenvalue weighted by Crippen LogP contribution is 2.15. The third-order valence-electron chi connectivity index (χ3n) is 4.46. The average Bonchev–Trinajstić information content (AvgIpc) is 2.50. The number of amides is 1. The van der Waals surface area contributed by atoms with Crippen molar-refractivity contribution in [1.82, 2.24) is 5.32 Å². The van der Waals surface area contributed by atoms with Crippen LogP contribution >= 0.6 is 0 Å². The van der Waals surface area contributed by atoms with Gasteiger partial charge in [0, 0.05) is 6.07 Å². The quantitative estimate of drug-likeness (QED) is 0.276. The van der Waals surface area contributed by atoms with Gasteiger partial charge < -0.3 is 15.0 Å². The number of likely N-dealkylation sites (tertiary alicyclic amines) is 1. The number of carbonyl (C=O) groups is 1. The molecule has 1 fully saturated rings. The van der Waals surface area contributed by atoms with E-state index < -0.39 is 0 Å². The van der Waals surface area contributed by atoms with Gasteiger partial charge in [-0.15, -0.1) is 0 Å². The number of nitrogens with one attached hydrogen (secondary N) is 1. The Hall–Kier alpha value is -1.95. The van der Waals surface area contributed by atoms with E-state index in [9.17, 15) is 4.79 Å². The van der Waals surface area contributed by atoms with Gasteiger partial charge in [0.2, 0.25) is 5.69 Å². The second kappa shape index (κ2) is 7.35. The number of pyridine rings is 1. The summed E-state index contributed by atoms with van der Waals surface area (Å²) < 4.78 is 2.81. The molecule has 120 valence electrons. The molecule has 1 aromatic heterocycles. The number of piperidine rings is 1. The summed E-state index contributed by atoms with van der Waals surface area (Å²) in [4.78, 5) is 12.2. The minimum Gasteiger partial charge on any atom is -0.411 e. The predicted octanol–water partition coefficient (Wildman–Crippen LogP) is 0.680. The fraction of sp³-hybridized carbons (Fsp3) is 0.562. The average molecular weight is 306 g/mol. The first kappa shape index (κ1) is 16.4. The van der Waals surface area contributed by atoms with Gasteiger partial charge in [-0.2, -0.15) is 4.57 Å². The van der Waals surface area contributed by atoms with Crippen molar-refractivity contribution in [3.63, 3.8) is 0 Å². The van der Waals surface area contributed by atoms with Gasteiger partial charge in [0.05, 0.1) is 33.2 Å². The molecular weight excluding hydrogens is 280 g/mol. The molecule has 6 heteroatoms. The van der Waals surface area contributed by atoms with Crippen molar-refractivity contribution in [2.45, 2.75) is 19.3 Å². The SMILES string of the molecule is C[n+]1cc(C(=O)NCC[N+]2(C)CCCCC2)ccc1/C=N/O. The lowest BCUT2D eigenvalue weighted by atomic mass is 10.1. The molecule has 1 aliphatic rings. The molecule has 2 rings (SSSR count). The Morgan fingerprint density at radius 1 is 1.41 bits per heavy atom. The van der Waals surface area contributed by atoms with Crippen LogP contribution in [-0.2, 0) is 7.05 Å². The lowest BCUT2D eigenvalue weighted by Gasteiger charge is -2.37. The summed E-state index contributed by atoms with van der Waals surface area (Å²) in [6, 6.07) is 3.50. The third-order valence-corrected chi connectivity index (χ3v) is 4.46. The van der Waals surface area contributed by atoms with E-state index in [4.69, 9.17) is 5.21 Å². The summed E-state index contributed by atoms with van der Waals surface area (Å²) in [5, 5.41) is 14.6. The summed E-state index contributed by atoms with van der Waals surface area (Å²) in [5.74, 6) is -0.0632. The Kier molecular flexibility index (Phi) is 5.49. The van der Waals surface area contributed by atoms with Crippen molar-refractivity contribution in [2.24, 2.45) is 12.2 Å². The van der Waals surface area contributed by atoms with Crippen LogP contribution in [-0.4, -0.2) is 55.0 Å². The van der Waals surface area contributed by atoms with Crippen molar-refractivity contribution in [3.05, 3.63) is 29.6 Å². The molecule has 22 heavy (non-hydrogen) atoms. The number of hydrogen-bond acceptors (Lipinski definition) is 3. The zero-order valence-electron chi connectivity index (χ0n) is 13.5. The number of rotatable bonds is 5. The van der Waals surface area contributed by atoms with Crippen LogP contribution in [0.4, 0.5) is 0 Å². The van der Waals surface area contributed by atoms with E-state index in [1.165, 1.54) is 38.6 Å². The van der Waals surface area contributed by atoms with Gasteiger partial charge in [0.15, 0.2) is 6.20 Å². The Labute approximate surface area is 131 Å². The third kappa shape index (κ3) is 4.27. The van der Waals surface area contributed by atoms with Gasteiger partial charge in [-0.1, -0.05) is 5.16 Å². The molecule has 1 aromatic rings. The first-order valence-corrected chi connectivity index (χ1v) is 7.83. The second-order valence-corrected chi connectivity index (χ2v) is 6.30. The highest BCUT2D eigenvalue weighted by molar-refractivity contribution is 5.93. The molecule has 0 aliphatic carbocycles. The lowest BCUT2D eigenvalue weighted by molar-refractivity contribution is -0.912. The number of oxime groups is 1. The maximum atomic E-state index is 12.2. The van der Waals surface area contributed by atoms with Gasteiger partial charge in [0.25, 0.3) is 5.91 Å². The molecule has 0 spiro atoms. The molecule has 0 aromatic carbocycles. The summed E-state index contributed by atoms with van der Waals surface area (Å²) in [7, 11) is 4.09. The van der Waals surface area contributed by atoms with E-state index in [-0.39, 0.29) is 5.91 Å². The smallest absolute Gasteiger partial charge is 0.257 e. The first-order chi connectivity index (χ1) is 10.5. The largest absolute Gasteiger partial charge is 0.411 e. The van der Waals surface area contributed by atoms with Crippen LogP contribution in [0.25, 0.3) is 0 Å². The summed E-state index contributed by atoms with van der Waals surface area (Å²) in [5.41, 5.74) is 1.34. The van der Waals surface area contributed by atoms with Crippen LogP contribution in [0.2, 0.25) is 0 Å². The van der Waals surface area contributed by atoms with Crippen LogP contribution < -0.4 is 9.88 Å². The van der Waals surface area contributed by atoms with E-state index in [0.717, 1.165) is 16.7 Å². The molecule has 0 saturated carbocycles. The molecule has 0 bridgehead atoms. The maximum absolute atomic E-state index is 12.2. The zero-order valence-corrected chi connectivity index (χ0v) is 13.5. The number of likely N-dealkylation sites (N-methyl/N-ethyl adjacent to an activating group) is 1. The highest BCUT2D eigenvalue weighted by Gasteiger charge is 2.24.